The molecule has 1 aromatic carbocycles. The van der Waals surface area contributed by atoms with Crippen LogP contribution in [0.5, 0.6) is 0 Å². The minimum atomic E-state index is -0.952. The van der Waals surface area contributed by atoms with Gasteiger partial charge in [-0.15, -0.1) is 0 Å². The predicted octanol–water partition coefficient (Wildman–Crippen LogP) is 4.07. The topological polar surface area (TPSA) is 68.6 Å². The highest BCUT2D eigenvalue weighted by molar-refractivity contribution is 14.1. The Labute approximate surface area is 174 Å². The van der Waals surface area contributed by atoms with Gasteiger partial charge in [-0.2, -0.15) is 0 Å². The molecule has 3 rings (SSSR count). The maximum Gasteiger partial charge on any atom is 0.329 e. The van der Waals surface area contributed by atoms with Gasteiger partial charge in [0, 0.05) is 21.1 Å². The molecule has 8 heteroatoms. The van der Waals surface area contributed by atoms with Crippen molar-refractivity contribution in [3.8, 4) is 5.69 Å². The number of carbonyl (C=O) groups excluding carboxylic acids is 3. The Morgan fingerprint density at radius 3 is 2.63 bits per heavy atom. The molecule has 1 aromatic heterocycles. The Bertz CT molecular complexity index is 920. The lowest BCUT2D eigenvalue weighted by atomic mass is 10.2. The van der Waals surface area contributed by atoms with Gasteiger partial charge in [0.15, 0.2) is 0 Å². The molecule has 0 unspecified atom stereocenters. The lowest BCUT2D eigenvalue weighted by Crippen LogP contribution is -2.42. The van der Waals surface area contributed by atoms with Crippen molar-refractivity contribution in [2.75, 3.05) is 6.61 Å². The molecule has 2 aromatic rings. The maximum absolute atomic E-state index is 12.7. The van der Waals surface area contributed by atoms with Crippen LogP contribution in [0.4, 0.5) is 4.79 Å². The third kappa shape index (κ3) is 4.11. The predicted molar refractivity (Wildman–Crippen MR) is 112 cm³/mol. The molecule has 6 nitrogen and oxygen atoms in total. The molecule has 1 atom stereocenters. The van der Waals surface area contributed by atoms with Gasteiger partial charge in [-0.05, 0) is 90.7 Å². The van der Waals surface area contributed by atoms with Crippen molar-refractivity contribution in [3.05, 3.63) is 56.8 Å². The largest absolute Gasteiger partial charge is 0.464 e. The zero-order valence-electron chi connectivity index (χ0n) is 14.7. The number of thioether (sulfide) groups is 1. The Balaban J connectivity index is 1.88. The van der Waals surface area contributed by atoms with Crippen LogP contribution >= 0.6 is 34.4 Å². The van der Waals surface area contributed by atoms with Gasteiger partial charge in [0.1, 0.15) is 6.04 Å². The summed E-state index contributed by atoms with van der Waals surface area (Å²) in [4.78, 5) is 38.1. The average molecular weight is 496 g/mol. The van der Waals surface area contributed by atoms with Gasteiger partial charge < -0.3 is 9.30 Å². The number of aromatic nitrogens is 1. The molecule has 0 saturated carbocycles. The minimum Gasteiger partial charge on any atom is -0.464 e. The highest BCUT2D eigenvalue weighted by atomic mass is 127. The molecule has 140 valence electrons. The number of hydrogen-bond donors (Lipinski definition) is 0. The van der Waals surface area contributed by atoms with Crippen molar-refractivity contribution in [2.24, 2.45) is 0 Å². The molecule has 2 heterocycles. The van der Waals surface area contributed by atoms with E-state index in [4.69, 9.17) is 4.74 Å². The van der Waals surface area contributed by atoms with Gasteiger partial charge in [-0.25, -0.2) is 4.79 Å². The second kappa shape index (κ2) is 8.30. The number of esters is 1. The first kappa shape index (κ1) is 19.7. The van der Waals surface area contributed by atoms with E-state index in [9.17, 15) is 14.4 Å². The van der Waals surface area contributed by atoms with E-state index in [1.54, 1.807) is 13.0 Å². The lowest BCUT2D eigenvalue weighted by molar-refractivity contribution is -0.150. The van der Waals surface area contributed by atoms with Gasteiger partial charge in [0.25, 0.3) is 11.1 Å². The quantitative estimate of drug-likeness (QED) is 0.355. The zero-order chi connectivity index (χ0) is 19.6. The summed E-state index contributed by atoms with van der Waals surface area (Å²) in [5.41, 5.74) is 1.72. The Morgan fingerprint density at radius 1 is 1.26 bits per heavy atom. The number of nitrogens with zero attached hydrogens (tertiary/aromatic N) is 2. The molecular formula is C19H17IN2O4S. The summed E-state index contributed by atoms with van der Waals surface area (Å²) >= 11 is 3.06. The number of hydrogen-bond acceptors (Lipinski definition) is 5. The van der Waals surface area contributed by atoms with E-state index in [2.05, 4.69) is 22.6 Å². The fourth-order valence-electron chi connectivity index (χ4n) is 2.66. The molecule has 2 amide bonds. The van der Waals surface area contributed by atoms with Crippen LogP contribution < -0.4 is 0 Å². The normalized spacial score (nSPS) is 16.9. The van der Waals surface area contributed by atoms with Crippen molar-refractivity contribution in [2.45, 2.75) is 19.9 Å². The second-order valence-corrected chi connectivity index (χ2v) is 8.00. The van der Waals surface area contributed by atoms with Crippen LogP contribution in [0.2, 0.25) is 0 Å². The summed E-state index contributed by atoms with van der Waals surface area (Å²) in [6.45, 7) is 3.36. The van der Waals surface area contributed by atoms with E-state index in [0.717, 1.165) is 31.6 Å². The maximum atomic E-state index is 12.7. The summed E-state index contributed by atoms with van der Waals surface area (Å²) in [7, 11) is 0. The van der Waals surface area contributed by atoms with Gasteiger partial charge in [-0.1, -0.05) is 0 Å². The van der Waals surface area contributed by atoms with Gasteiger partial charge in [0.05, 0.1) is 11.5 Å². The van der Waals surface area contributed by atoms with Gasteiger partial charge >= 0.3 is 5.97 Å². The highest BCUT2D eigenvalue weighted by Gasteiger charge is 2.41. The molecule has 0 aliphatic carbocycles. The summed E-state index contributed by atoms with van der Waals surface area (Å²) in [5, 5.41) is -0.473. The van der Waals surface area contributed by atoms with E-state index in [1.165, 1.54) is 6.92 Å². The number of halogens is 1. The molecule has 1 aliphatic rings. The number of benzene rings is 1. The van der Waals surface area contributed by atoms with Crippen LogP contribution in [-0.4, -0.2) is 39.2 Å². The Morgan fingerprint density at radius 2 is 1.96 bits per heavy atom. The van der Waals surface area contributed by atoms with Crippen molar-refractivity contribution in [1.29, 1.82) is 0 Å². The third-order valence-corrected chi connectivity index (χ3v) is 5.61. The molecule has 0 radical (unpaired) electrons. The molecule has 1 saturated heterocycles. The average Bonchev–Trinajstić information content (AvgIpc) is 3.20. The fourth-order valence-corrected chi connectivity index (χ4v) is 3.92. The molecule has 27 heavy (non-hydrogen) atoms. The number of imide groups is 1. The lowest BCUT2D eigenvalue weighted by Gasteiger charge is -2.19. The van der Waals surface area contributed by atoms with Crippen molar-refractivity contribution >= 4 is 57.5 Å². The third-order valence-electron chi connectivity index (χ3n) is 4.00. The molecular weight excluding hydrogens is 479 g/mol. The number of rotatable bonds is 5. The van der Waals surface area contributed by atoms with Crippen LogP contribution in [-0.2, 0) is 14.3 Å². The van der Waals surface area contributed by atoms with Crippen LogP contribution in [0, 0.1) is 3.57 Å². The molecule has 1 aliphatic heterocycles. The zero-order valence-corrected chi connectivity index (χ0v) is 17.7. The van der Waals surface area contributed by atoms with Crippen molar-refractivity contribution in [3.63, 3.8) is 0 Å². The summed E-state index contributed by atoms with van der Waals surface area (Å²) in [6.07, 6.45) is 3.56. The van der Waals surface area contributed by atoms with E-state index in [-0.39, 0.29) is 11.5 Å². The van der Waals surface area contributed by atoms with E-state index in [0.29, 0.717) is 0 Å². The van der Waals surface area contributed by atoms with E-state index >= 15 is 0 Å². The first-order valence-electron chi connectivity index (χ1n) is 8.29. The summed E-state index contributed by atoms with van der Waals surface area (Å²) < 4.78 is 7.98. The smallest absolute Gasteiger partial charge is 0.329 e. The van der Waals surface area contributed by atoms with Crippen LogP contribution in [0.1, 0.15) is 19.5 Å². The summed E-state index contributed by atoms with van der Waals surface area (Å²) in [6, 6.07) is 10.7. The first-order chi connectivity index (χ1) is 12.9. The Kier molecular flexibility index (Phi) is 6.05. The molecule has 0 spiro atoms. The monoisotopic (exact) mass is 496 g/mol. The van der Waals surface area contributed by atoms with Crippen LogP contribution in [0.3, 0.4) is 0 Å². The number of carbonyl (C=O) groups is 3. The van der Waals surface area contributed by atoms with Crippen molar-refractivity contribution < 1.29 is 19.1 Å². The van der Waals surface area contributed by atoms with E-state index < -0.39 is 23.2 Å². The fraction of sp³-hybridized carbons (Fsp3) is 0.211. The Hall–Kier alpha value is -2.07. The van der Waals surface area contributed by atoms with Gasteiger partial charge in [-0.3, -0.25) is 14.5 Å². The van der Waals surface area contributed by atoms with Gasteiger partial charge in [0.2, 0.25) is 0 Å². The first-order valence-corrected chi connectivity index (χ1v) is 10.2. The molecule has 0 N–H and O–H groups in total. The van der Waals surface area contributed by atoms with E-state index in [1.807, 2.05) is 47.2 Å². The SMILES string of the molecule is CCOC(=O)[C@H](C)N1C(=O)S/C(=C\c2cccn2-c2ccc(I)cc2)C1=O. The second-order valence-electron chi connectivity index (χ2n) is 5.76. The van der Waals surface area contributed by atoms with Crippen LogP contribution in [0.25, 0.3) is 11.8 Å². The summed E-state index contributed by atoms with van der Waals surface area (Å²) in [5.74, 6) is -1.08. The molecule has 0 bridgehead atoms. The molecule has 1 fully saturated rings. The van der Waals surface area contributed by atoms with Crippen LogP contribution in [0.15, 0.2) is 47.5 Å². The number of ether oxygens (including phenoxy) is 1. The highest BCUT2D eigenvalue weighted by Crippen LogP contribution is 2.34. The minimum absolute atomic E-state index is 0.193. The van der Waals surface area contributed by atoms with Crippen molar-refractivity contribution in [1.82, 2.24) is 9.47 Å². The standard InChI is InChI=1S/C19H17IN2O4S/c1-3-26-18(24)12(2)22-17(23)16(27-19(22)25)11-15-5-4-10-21(15)14-8-6-13(20)7-9-14/h4-12H,3H2,1-2H3/b16-11-/t12-/m0/s1. The number of amides is 2.